The van der Waals surface area contributed by atoms with Crippen LogP contribution in [0.3, 0.4) is 0 Å². The SMILES string of the molecule is CC(c1ccc(O)cc1)(c1ccc(O)cc1)c1cccc(OC(F)(F)F)c1. The molecule has 0 aromatic heterocycles. The van der Waals surface area contributed by atoms with E-state index in [4.69, 9.17) is 0 Å². The summed E-state index contributed by atoms with van der Waals surface area (Å²) in [7, 11) is 0. The van der Waals surface area contributed by atoms with Crippen molar-refractivity contribution in [3.8, 4) is 17.2 Å². The molecule has 0 aliphatic heterocycles. The first-order chi connectivity index (χ1) is 12.7. The quantitative estimate of drug-likeness (QED) is 0.605. The van der Waals surface area contributed by atoms with Gasteiger partial charge in [-0.15, -0.1) is 13.2 Å². The average molecular weight is 374 g/mol. The first-order valence-corrected chi connectivity index (χ1v) is 8.14. The topological polar surface area (TPSA) is 49.7 Å². The molecule has 0 saturated carbocycles. The molecule has 3 nitrogen and oxygen atoms in total. The van der Waals surface area contributed by atoms with Crippen LogP contribution in [-0.4, -0.2) is 16.6 Å². The number of rotatable bonds is 4. The summed E-state index contributed by atoms with van der Waals surface area (Å²) in [6.07, 6.45) is -4.79. The van der Waals surface area contributed by atoms with Crippen molar-refractivity contribution < 1.29 is 28.1 Å². The van der Waals surface area contributed by atoms with E-state index in [0.717, 1.165) is 11.1 Å². The number of ether oxygens (including phenoxy) is 1. The smallest absolute Gasteiger partial charge is 0.508 e. The van der Waals surface area contributed by atoms with Crippen molar-refractivity contribution in [1.82, 2.24) is 0 Å². The summed E-state index contributed by atoms with van der Waals surface area (Å²) < 4.78 is 41.9. The van der Waals surface area contributed by atoms with Gasteiger partial charge in [0.2, 0.25) is 0 Å². The molecule has 3 rings (SSSR count). The van der Waals surface area contributed by atoms with Gasteiger partial charge in [-0.1, -0.05) is 36.4 Å². The van der Waals surface area contributed by atoms with Crippen molar-refractivity contribution in [3.63, 3.8) is 0 Å². The highest BCUT2D eigenvalue weighted by atomic mass is 19.4. The van der Waals surface area contributed by atoms with E-state index in [1.807, 2.05) is 6.92 Å². The second-order valence-electron chi connectivity index (χ2n) is 6.29. The highest BCUT2D eigenvalue weighted by Gasteiger charge is 2.34. The van der Waals surface area contributed by atoms with Crippen molar-refractivity contribution in [2.24, 2.45) is 0 Å². The van der Waals surface area contributed by atoms with E-state index in [9.17, 15) is 23.4 Å². The molecule has 3 aromatic carbocycles. The number of phenolic OH excluding ortho intramolecular Hbond substituents is 2. The normalized spacial score (nSPS) is 12.0. The van der Waals surface area contributed by atoms with Crippen LogP contribution in [0.5, 0.6) is 17.2 Å². The minimum atomic E-state index is -4.79. The molecule has 0 fully saturated rings. The molecule has 2 N–H and O–H groups in total. The molecule has 0 spiro atoms. The van der Waals surface area contributed by atoms with Crippen LogP contribution in [0, 0.1) is 0 Å². The van der Waals surface area contributed by atoms with Crippen molar-refractivity contribution in [2.45, 2.75) is 18.7 Å². The standard InChI is InChI=1S/C21H17F3O3/c1-20(14-5-9-17(25)10-6-14,15-7-11-18(26)12-8-15)16-3-2-4-19(13-16)27-21(22,23)24/h2-13,25-26H,1H3. The van der Waals surface area contributed by atoms with E-state index in [2.05, 4.69) is 4.74 Å². The molecule has 0 bridgehead atoms. The molecule has 0 unspecified atom stereocenters. The number of hydrogen-bond acceptors (Lipinski definition) is 3. The summed E-state index contributed by atoms with van der Waals surface area (Å²) in [5, 5.41) is 19.2. The highest BCUT2D eigenvalue weighted by molar-refractivity contribution is 5.52. The molecule has 140 valence electrons. The van der Waals surface area contributed by atoms with E-state index in [1.165, 1.54) is 42.5 Å². The fraction of sp³-hybridized carbons (Fsp3) is 0.143. The van der Waals surface area contributed by atoms with Gasteiger partial charge in [0.25, 0.3) is 0 Å². The Morgan fingerprint density at radius 2 is 1.19 bits per heavy atom. The fourth-order valence-electron chi connectivity index (χ4n) is 3.09. The van der Waals surface area contributed by atoms with E-state index in [1.54, 1.807) is 30.3 Å². The molecule has 0 amide bonds. The van der Waals surface area contributed by atoms with Gasteiger partial charge in [0, 0.05) is 5.41 Å². The monoisotopic (exact) mass is 374 g/mol. The number of phenols is 2. The van der Waals surface area contributed by atoms with Gasteiger partial charge in [0.15, 0.2) is 0 Å². The van der Waals surface area contributed by atoms with Crippen molar-refractivity contribution in [3.05, 3.63) is 89.5 Å². The molecule has 0 atom stereocenters. The lowest BCUT2D eigenvalue weighted by atomic mass is 9.71. The van der Waals surface area contributed by atoms with E-state index in [0.29, 0.717) is 5.56 Å². The average Bonchev–Trinajstić information content (AvgIpc) is 2.61. The third kappa shape index (κ3) is 4.00. The minimum Gasteiger partial charge on any atom is -0.508 e. The van der Waals surface area contributed by atoms with E-state index < -0.39 is 11.8 Å². The maximum atomic E-state index is 12.6. The number of benzene rings is 3. The Morgan fingerprint density at radius 3 is 1.63 bits per heavy atom. The summed E-state index contributed by atoms with van der Waals surface area (Å²) in [6, 6.07) is 18.7. The minimum absolute atomic E-state index is 0.0842. The summed E-state index contributed by atoms with van der Waals surface area (Å²) in [6.45, 7) is 1.86. The van der Waals surface area contributed by atoms with Gasteiger partial charge < -0.3 is 14.9 Å². The first kappa shape index (κ1) is 18.6. The van der Waals surface area contributed by atoms with Gasteiger partial charge in [-0.25, -0.2) is 0 Å². The zero-order chi connectivity index (χ0) is 19.7. The number of alkyl halides is 3. The predicted molar refractivity (Wildman–Crippen MR) is 94.9 cm³/mol. The Morgan fingerprint density at radius 1 is 0.704 bits per heavy atom. The highest BCUT2D eigenvalue weighted by Crippen LogP contribution is 2.41. The lowest BCUT2D eigenvalue weighted by Gasteiger charge is -2.32. The third-order valence-electron chi connectivity index (χ3n) is 4.53. The van der Waals surface area contributed by atoms with Crippen molar-refractivity contribution in [2.75, 3.05) is 0 Å². The Bertz CT molecular complexity index is 871. The molecular formula is C21H17F3O3. The predicted octanol–water partition coefficient (Wildman–Crippen LogP) is 5.35. The summed E-state index contributed by atoms with van der Waals surface area (Å²) >= 11 is 0. The fourth-order valence-corrected chi connectivity index (χ4v) is 3.09. The van der Waals surface area contributed by atoms with Crippen LogP contribution in [0.25, 0.3) is 0 Å². The molecule has 0 heterocycles. The summed E-state index contributed by atoms with van der Waals surface area (Å²) in [4.78, 5) is 0. The molecule has 0 aliphatic carbocycles. The Labute approximate surface area is 154 Å². The first-order valence-electron chi connectivity index (χ1n) is 8.14. The van der Waals surface area contributed by atoms with Crippen LogP contribution in [0.15, 0.2) is 72.8 Å². The largest absolute Gasteiger partial charge is 0.573 e. The molecule has 6 heteroatoms. The van der Waals surface area contributed by atoms with Gasteiger partial charge in [0.05, 0.1) is 0 Å². The Balaban J connectivity index is 2.17. The van der Waals surface area contributed by atoms with Crippen LogP contribution < -0.4 is 4.74 Å². The maximum absolute atomic E-state index is 12.6. The second kappa shape index (κ2) is 6.87. The zero-order valence-electron chi connectivity index (χ0n) is 14.4. The van der Waals surface area contributed by atoms with Gasteiger partial charge in [0.1, 0.15) is 17.2 Å². The van der Waals surface area contributed by atoms with Crippen molar-refractivity contribution >= 4 is 0 Å². The third-order valence-corrected chi connectivity index (χ3v) is 4.53. The van der Waals surface area contributed by atoms with Gasteiger partial charge >= 0.3 is 6.36 Å². The molecule has 0 saturated heterocycles. The Kier molecular flexibility index (Phi) is 4.74. The van der Waals surface area contributed by atoms with Gasteiger partial charge in [-0.3, -0.25) is 0 Å². The molecule has 27 heavy (non-hydrogen) atoms. The summed E-state index contributed by atoms with van der Waals surface area (Å²) in [5.41, 5.74) is 1.25. The molecule has 0 aliphatic rings. The van der Waals surface area contributed by atoms with Gasteiger partial charge in [-0.2, -0.15) is 0 Å². The van der Waals surface area contributed by atoms with Crippen LogP contribution in [0.4, 0.5) is 13.2 Å². The van der Waals surface area contributed by atoms with Crippen LogP contribution in [-0.2, 0) is 5.41 Å². The van der Waals surface area contributed by atoms with Crippen LogP contribution >= 0.6 is 0 Å². The van der Waals surface area contributed by atoms with E-state index >= 15 is 0 Å². The lowest BCUT2D eigenvalue weighted by Crippen LogP contribution is -2.25. The molecule has 3 aromatic rings. The number of hydrogen-bond donors (Lipinski definition) is 2. The lowest BCUT2D eigenvalue weighted by molar-refractivity contribution is -0.274. The van der Waals surface area contributed by atoms with Crippen LogP contribution in [0.2, 0.25) is 0 Å². The molecular weight excluding hydrogens is 357 g/mol. The summed E-state index contributed by atoms with van der Waals surface area (Å²) in [5.74, 6) is -0.147. The maximum Gasteiger partial charge on any atom is 0.573 e. The van der Waals surface area contributed by atoms with Gasteiger partial charge in [-0.05, 0) is 60.0 Å². The van der Waals surface area contributed by atoms with Crippen molar-refractivity contribution in [1.29, 1.82) is 0 Å². The Hall–Kier alpha value is -3.15. The number of aromatic hydroxyl groups is 2. The second-order valence-corrected chi connectivity index (χ2v) is 6.29. The molecule has 0 radical (unpaired) electrons. The zero-order valence-corrected chi connectivity index (χ0v) is 14.4. The van der Waals surface area contributed by atoms with Crippen LogP contribution in [0.1, 0.15) is 23.6 Å². The van der Waals surface area contributed by atoms with E-state index in [-0.39, 0.29) is 17.2 Å². The number of halogens is 3.